The molecule has 0 N–H and O–H groups in total. The van der Waals surface area contributed by atoms with Gasteiger partial charge in [0.2, 0.25) is 0 Å². The third-order valence-corrected chi connectivity index (χ3v) is 7.69. The number of carbonyl (C=O) groups is 1. The fourth-order valence-electron chi connectivity index (χ4n) is 5.29. The average molecular weight is 448 g/mol. The van der Waals surface area contributed by atoms with E-state index in [9.17, 15) is 10.1 Å². The van der Waals surface area contributed by atoms with Gasteiger partial charge in [0.15, 0.2) is 0 Å². The van der Waals surface area contributed by atoms with Gasteiger partial charge in [-0.2, -0.15) is 5.26 Å². The van der Waals surface area contributed by atoms with Gasteiger partial charge in [-0.25, -0.2) is 4.79 Å². The van der Waals surface area contributed by atoms with Crippen LogP contribution in [0.15, 0.2) is 41.3 Å². The lowest BCUT2D eigenvalue weighted by molar-refractivity contribution is 0.0189. The van der Waals surface area contributed by atoms with Crippen molar-refractivity contribution in [3.8, 4) is 17.2 Å². The number of thioether (sulfide) groups is 1. The number of anilines is 1. The van der Waals surface area contributed by atoms with Gasteiger partial charge in [-0.3, -0.25) is 0 Å². The number of nitriles is 1. The Labute approximate surface area is 194 Å². The van der Waals surface area contributed by atoms with Crippen LogP contribution in [0.4, 0.5) is 10.5 Å². The van der Waals surface area contributed by atoms with E-state index in [1.807, 2.05) is 61.7 Å². The Morgan fingerprint density at radius 1 is 1.22 bits per heavy atom. The van der Waals surface area contributed by atoms with Gasteiger partial charge in [0.1, 0.15) is 5.60 Å². The van der Waals surface area contributed by atoms with Crippen molar-refractivity contribution in [3.05, 3.63) is 47.5 Å². The minimum atomic E-state index is -0.494. The van der Waals surface area contributed by atoms with Crippen LogP contribution in [0.2, 0.25) is 0 Å². The second-order valence-corrected chi connectivity index (χ2v) is 11.0. The minimum Gasteiger partial charge on any atom is -0.444 e. The first-order valence-electron chi connectivity index (χ1n) is 11.4. The molecule has 0 unspecified atom stereocenters. The molecule has 1 fully saturated rings. The maximum atomic E-state index is 12.8. The molecular formula is C26H29N3O2S. The molecule has 2 atom stereocenters. The Kier molecular flexibility index (Phi) is 5.33. The molecule has 166 valence electrons. The van der Waals surface area contributed by atoms with E-state index in [1.54, 1.807) is 0 Å². The first-order chi connectivity index (χ1) is 15.4. The van der Waals surface area contributed by atoms with E-state index in [4.69, 9.17) is 4.74 Å². The van der Waals surface area contributed by atoms with Crippen LogP contribution in [0, 0.1) is 11.3 Å². The Balaban J connectivity index is 1.56. The highest BCUT2D eigenvalue weighted by Crippen LogP contribution is 2.52. The molecule has 0 saturated carbocycles. The average Bonchev–Trinajstić information content (AvgIpc) is 2.92. The van der Waals surface area contributed by atoms with E-state index >= 15 is 0 Å². The quantitative estimate of drug-likeness (QED) is 0.567. The Morgan fingerprint density at radius 3 is 2.81 bits per heavy atom. The first-order valence-corrected chi connectivity index (χ1v) is 12.4. The van der Waals surface area contributed by atoms with Gasteiger partial charge >= 0.3 is 6.09 Å². The van der Waals surface area contributed by atoms with Crippen LogP contribution in [0.1, 0.15) is 50.7 Å². The standard InChI is InChI=1S/C26H29N3O2S/c1-26(2,3)31-25(30)28-11-9-22-21(16-28)20-13-18(19-8-5-4-7-17(19)15-27)14-23-24(20)29(22)10-6-12-32-23/h4-5,7-8,13-14,21-22H,6,9-12,16H2,1-3H3/t21-,22-/m0/s1. The normalized spacial score (nSPS) is 21.9. The van der Waals surface area contributed by atoms with Crippen molar-refractivity contribution in [1.82, 2.24) is 4.90 Å². The van der Waals surface area contributed by atoms with Crippen LogP contribution in [0.25, 0.3) is 11.1 Å². The predicted octanol–water partition coefficient (Wildman–Crippen LogP) is 5.63. The predicted molar refractivity (Wildman–Crippen MR) is 128 cm³/mol. The van der Waals surface area contributed by atoms with Crippen molar-refractivity contribution in [1.29, 1.82) is 5.26 Å². The summed E-state index contributed by atoms with van der Waals surface area (Å²) < 4.78 is 5.68. The molecule has 0 aromatic heterocycles. The van der Waals surface area contributed by atoms with Gasteiger partial charge in [0.05, 0.1) is 17.3 Å². The molecule has 0 radical (unpaired) electrons. The highest BCUT2D eigenvalue weighted by Gasteiger charge is 2.45. The number of hydrogen-bond acceptors (Lipinski definition) is 5. The van der Waals surface area contributed by atoms with Crippen molar-refractivity contribution in [3.63, 3.8) is 0 Å². The molecule has 3 heterocycles. The number of carbonyl (C=O) groups excluding carboxylic acids is 1. The second kappa shape index (κ2) is 8.04. The summed E-state index contributed by atoms with van der Waals surface area (Å²) in [6, 6.07) is 15.1. The summed E-state index contributed by atoms with van der Waals surface area (Å²) in [5, 5.41) is 9.65. The Bertz CT molecular complexity index is 1100. The molecule has 1 saturated heterocycles. The summed E-state index contributed by atoms with van der Waals surface area (Å²) >= 11 is 1.92. The molecule has 0 spiro atoms. The fourth-order valence-corrected chi connectivity index (χ4v) is 6.36. The molecule has 1 amide bonds. The van der Waals surface area contributed by atoms with E-state index in [0.717, 1.165) is 42.8 Å². The van der Waals surface area contributed by atoms with Crippen molar-refractivity contribution in [2.24, 2.45) is 0 Å². The Hall–Kier alpha value is -2.65. The molecule has 0 aliphatic carbocycles. The Morgan fingerprint density at radius 2 is 2.03 bits per heavy atom. The van der Waals surface area contributed by atoms with Crippen LogP contribution in [-0.2, 0) is 4.74 Å². The smallest absolute Gasteiger partial charge is 0.410 e. The van der Waals surface area contributed by atoms with Gasteiger partial charge in [0, 0.05) is 36.5 Å². The zero-order valence-electron chi connectivity index (χ0n) is 18.9. The molecular weight excluding hydrogens is 418 g/mol. The number of fused-ring (bicyclic) bond motifs is 3. The number of ether oxygens (including phenoxy) is 1. The number of piperidine rings is 1. The number of likely N-dealkylation sites (tertiary alicyclic amines) is 1. The highest BCUT2D eigenvalue weighted by atomic mass is 32.2. The van der Waals surface area contributed by atoms with E-state index in [0.29, 0.717) is 18.2 Å². The number of benzene rings is 2. The summed E-state index contributed by atoms with van der Waals surface area (Å²) in [5.74, 6) is 1.37. The minimum absolute atomic E-state index is 0.219. The molecule has 32 heavy (non-hydrogen) atoms. The van der Waals surface area contributed by atoms with Gasteiger partial charge in [-0.1, -0.05) is 18.2 Å². The van der Waals surface area contributed by atoms with E-state index in [1.165, 1.54) is 16.1 Å². The zero-order valence-corrected chi connectivity index (χ0v) is 19.7. The third kappa shape index (κ3) is 3.73. The summed E-state index contributed by atoms with van der Waals surface area (Å²) in [5.41, 5.74) is 4.95. The lowest BCUT2D eigenvalue weighted by Gasteiger charge is -2.39. The van der Waals surface area contributed by atoms with Crippen LogP contribution in [-0.4, -0.2) is 48.0 Å². The monoisotopic (exact) mass is 447 g/mol. The number of rotatable bonds is 1. The number of amides is 1. The summed E-state index contributed by atoms with van der Waals surface area (Å²) in [7, 11) is 0. The lowest BCUT2D eigenvalue weighted by Crippen LogP contribution is -2.49. The molecule has 3 aliphatic rings. The SMILES string of the molecule is CC(C)(C)OC(=O)N1CC[C@H]2[C@@H](C1)c1cc(-c3ccccc3C#N)cc3c1N2CCCS3. The van der Waals surface area contributed by atoms with E-state index < -0.39 is 5.60 Å². The van der Waals surface area contributed by atoms with Gasteiger partial charge in [-0.15, -0.1) is 11.8 Å². The summed E-state index contributed by atoms with van der Waals surface area (Å²) in [4.78, 5) is 18.6. The maximum absolute atomic E-state index is 12.8. The van der Waals surface area contributed by atoms with Crippen LogP contribution >= 0.6 is 11.8 Å². The molecule has 3 aliphatic heterocycles. The summed E-state index contributed by atoms with van der Waals surface area (Å²) in [6.45, 7) is 8.22. The topological polar surface area (TPSA) is 56.6 Å². The lowest BCUT2D eigenvalue weighted by atomic mass is 9.87. The second-order valence-electron chi connectivity index (χ2n) is 9.85. The van der Waals surface area contributed by atoms with E-state index in [-0.39, 0.29) is 12.0 Å². The molecule has 6 heteroatoms. The fraction of sp³-hybridized carbons (Fsp3) is 0.462. The molecule has 2 aromatic carbocycles. The molecule has 0 bridgehead atoms. The number of nitrogens with zero attached hydrogens (tertiary/aromatic N) is 3. The van der Waals surface area contributed by atoms with Crippen LogP contribution < -0.4 is 4.90 Å². The van der Waals surface area contributed by atoms with Crippen molar-refractivity contribution in [2.45, 2.75) is 56.1 Å². The zero-order chi connectivity index (χ0) is 22.5. The summed E-state index contributed by atoms with van der Waals surface area (Å²) in [6.07, 6.45) is 1.89. The van der Waals surface area contributed by atoms with Crippen molar-refractivity contribution in [2.75, 3.05) is 30.3 Å². The van der Waals surface area contributed by atoms with Gasteiger partial charge in [0.25, 0.3) is 0 Å². The number of hydrogen-bond donors (Lipinski definition) is 0. The van der Waals surface area contributed by atoms with Crippen molar-refractivity contribution >= 4 is 23.5 Å². The van der Waals surface area contributed by atoms with E-state index in [2.05, 4.69) is 23.1 Å². The molecule has 5 nitrogen and oxygen atoms in total. The third-order valence-electron chi connectivity index (χ3n) is 6.58. The molecule has 2 aromatic rings. The van der Waals surface area contributed by atoms with Crippen LogP contribution in [0.3, 0.4) is 0 Å². The van der Waals surface area contributed by atoms with Crippen molar-refractivity contribution < 1.29 is 9.53 Å². The van der Waals surface area contributed by atoms with Crippen LogP contribution in [0.5, 0.6) is 0 Å². The molecule has 5 rings (SSSR count). The van der Waals surface area contributed by atoms with Gasteiger partial charge in [-0.05, 0) is 74.3 Å². The highest BCUT2D eigenvalue weighted by molar-refractivity contribution is 7.99. The van der Waals surface area contributed by atoms with Gasteiger partial charge < -0.3 is 14.5 Å². The maximum Gasteiger partial charge on any atom is 0.410 e. The largest absolute Gasteiger partial charge is 0.444 e. The first kappa shape index (κ1) is 21.2.